The summed E-state index contributed by atoms with van der Waals surface area (Å²) in [6, 6.07) is 11.2. The summed E-state index contributed by atoms with van der Waals surface area (Å²) in [7, 11) is 0. The molecule has 2 aromatic rings. The van der Waals surface area contributed by atoms with E-state index in [1.165, 1.54) is 22.1 Å². The Labute approximate surface area is 118 Å². The largest absolute Gasteiger partial charge is 0.326 e. The van der Waals surface area contributed by atoms with E-state index in [4.69, 9.17) is 5.73 Å². The van der Waals surface area contributed by atoms with Gasteiger partial charge in [-0.15, -0.1) is 11.8 Å². The summed E-state index contributed by atoms with van der Waals surface area (Å²) in [5, 5.41) is 0. The topological polar surface area (TPSA) is 26.0 Å². The molecule has 0 aliphatic rings. The predicted molar refractivity (Wildman–Crippen MR) is 79.8 cm³/mol. The second kappa shape index (κ2) is 6.22. The van der Waals surface area contributed by atoms with Crippen LogP contribution in [0.4, 0.5) is 4.39 Å². The maximum Gasteiger partial charge on any atom is 0.123 e. The summed E-state index contributed by atoms with van der Waals surface area (Å²) in [6.45, 7) is 4.65. The quantitative estimate of drug-likeness (QED) is 0.847. The molecule has 0 fully saturated rings. The van der Waals surface area contributed by atoms with Crippen molar-refractivity contribution in [3.05, 3.63) is 64.5 Å². The number of thioether (sulfide) groups is 1. The molecule has 100 valence electrons. The van der Waals surface area contributed by atoms with Gasteiger partial charge in [0.25, 0.3) is 0 Å². The van der Waals surface area contributed by atoms with Crippen LogP contribution in [0.25, 0.3) is 0 Å². The first-order chi connectivity index (χ1) is 9.10. The molecule has 0 saturated carbocycles. The number of nitrogens with two attached hydrogens (primary N) is 1. The minimum Gasteiger partial charge on any atom is -0.326 e. The van der Waals surface area contributed by atoms with E-state index in [0.717, 1.165) is 16.9 Å². The monoisotopic (exact) mass is 275 g/mol. The average molecular weight is 275 g/mol. The zero-order valence-electron chi connectivity index (χ0n) is 11.2. The van der Waals surface area contributed by atoms with Gasteiger partial charge in [0.1, 0.15) is 5.82 Å². The Hall–Kier alpha value is -1.32. The Kier molecular flexibility index (Phi) is 4.61. The van der Waals surface area contributed by atoms with Gasteiger partial charge in [0.2, 0.25) is 0 Å². The Balaban J connectivity index is 2.13. The van der Waals surface area contributed by atoms with Gasteiger partial charge in [-0.2, -0.15) is 0 Å². The Morgan fingerprint density at radius 2 is 1.79 bits per heavy atom. The van der Waals surface area contributed by atoms with E-state index in [1.54, 1.807) is 23.9 Å². The number of rotatable bonds is 4. The second-order valence-electron chi connectivity index (χ2n) is 4.65. The van der Waals surface area contributed by atoms with Gasteiger partial charge < -0.3 is 5.73 Å². The van der Waals surface area contributed by atoms with Crippen LogP contribution in [0.15, 0.2) is 41.3 Å². The molecule has 2 N–H and O–H groups in total. The van der Waals surface area contributed by atoms with Gasteiger partial charge in [0.05, 0.1) is 0 Å². The number of halogens is 1. The third-order valence-electron chi connectivity index (χ3n) is 3.26. The molecule has 0 heterocycles. The maximum absolute atomic E-state index is 13.3. The zero-order valence-corrected chi connectivity index (χ0v) is 12.1. The minimum atomic E-state index is -0.201. The molecule has 0 bridgehead atoms. The van der Waals surface area contributed by atoms with Gasteiger partial charge in [-0.1, -0.05) is 12.1 Å². The van der Waals surface area contributed by atoms with E-state index in [0.29, 0.717) is 6.54 Å². The van der Waals surface area contributed by atoms with Gasteiger partial charge in [-0.3, -0.25) is 0 Å². The average Bonchev–Trinajstić information content (AvgIpc) is 2.40. The highest BCUT2D eigenvalue weighted by Crippen LogP contribution is 2.26. The molecule has 0 saturated heterocycles. The SMILES string of the molecule is Cc1ccc(SCc2cc(F)ccc2CN)cc1C. The van der Waals surface area contributed by atoms with Gasteiger partial charge >= 0.3 is 0 Å². The molecule has 3 heteroatoms. The van der Waals surface area contributed by atoms with Crippen molar-refractivity contribution in [1.29, 1.82) is 0 Å². The summed E-state index contributed by atoms with van der Waals surface area (Å²) < 4.78 is 13.3. The first-order valence-electron chi connectivity index (χ1n) is 6.27. The van der Waals surface area contributed by atoms with E-state index in [2.05, 4.69) is 32.0 Å². The fraction of sp³-hybridized carbons (Fsp3) is 0.250. The van der Waals surface area contributed by atoms with E-state index in [9.17, 15) is 4.39 Å². The van der Waals surface area contributed by atoms with Crippen molar-refractivity contribution in [2.45, 2.75) is 31.0 Å². The maximum atomic E-state index is 13.3. The molecule has 0 spiro atoms. The van der Waals surface area contributed by atoms with E-state index >= 15 is 0 Å². The fourth-order valence-electron chi connectivity index (χ4n) is 1.89. The summed E-state index contributed by atoms with van der Waals surface area (Å²) >= 11 is 1.71. The molecule has 0 radical (unpaired) electrons. The standard InChI is InChI=1S/C16H18FNS/c1-11-3-6-16(7-12(11)2)19-10-14-8-15(17)5-4-13(14)9-18/h3-8H,9-10,18H2,1-2H3. The first kappa shape index (κ1) is 14.1. The third-order valence-corrected chi connectivity index (χ3v) is 4.30. The summed E-state index contributed by atoms with van der Waals surface area (Å²) in [4.78, 5) is 1.20. The smallest absolute Gasteiger partial charge is 0.123 e. The molecule has 0 atom stereocenters. The zero-order chi connectivity index (χ0) is 13.8. The molecular formula is C16H18FNS. The Morgan fingerprint density at radius 3 is 2.47 bits per heavy atom. The molecule has 0 aliphatic heterocycles. The molecule has 0 aliphatic carbocycles. The van der Waals surface area contributed by atoms with Crippen molar-refractivity contribution in [3.8, 4) is 0 Å². The van der Waals surface area contributed by atoms with Crippen LogP contribution in [0.2, 0.25) is 0 Å². The lowest BCUT2D eigenvalue weighted by molar-refractivity contribution is 0.625. The lowest BCUT2D eigenvalue weighted by atomic mass is 10.1. The van der Waals surface area contributed by atoms with Crippen LogP contribution in [0.5, 0.6) is 0 Å². The predicted octanol–water partition coefficient (Wildman–Crippen LogP) is 4.19. The summed E-state index contributed by atoms with van der Waals surface area (Å²) in [6.07, 6.45) is 0. The van der Waals surface area contributed by atoms with Gasteiger partial charge in [0.15, 0.2) is 0 Å². The molecule has 1 nitrogen and oxygen atoms in total. The number of benzene rings is 2. The van der Waals surface area contributed by atoms with E-state index < -0.39 is 0 Å². The highest BCUT2D eigenvalue weighted by molar-refractivity contribution is 7.98. The van der Waals surface area contributed by atoms with Crippen LogP contribution in [-0.2, 0) is 12.3 Å². The van der Waals surface area contributed by atoms with Crippen LogP contribution < -0.4 is 5.73 Å². The fourth-order valence-corrected chi connectivity index (χ4v) is 2.91. The molecular weight excluding hydrogens is 257 g/mol. The van der Waals surface area contributed by atoms with Crippen LogP contribution in [0, 0.1) is 19.7 Å². The molecule has 0 unspecified atom stereocenters. The normalized spacial score (nSPS) is 10.7. The molecule has 2 rings (SSSR count). The van der Waals surface area contributed by atoms with E-state index in [-0.39, 0.29) is 5.82 Å². The van der Waals surface area contributed by atoms with Crippen molar-refractivity contribution in [2.75, 3.05) is 0 Å². The van der Waals surface area contributed by atoms with E-state index in [1.807, 2.05) is 0 Å². The van der Waals surface area contributed by atoms with Crippen LogP contribution >= 0.6 is 11.8 Å². The molecule has 0 aromatic heterocycles. The number of aryl methyl sites for hydroxylation is 2. The lowest BCUT2D eigenvalue weighted by Crippen LogP contribution is -2.01. The van der Waals surface area contributed by atoms with Crippen LogP contribution in [0.3, 0.4) is 0 Å². The van der Waals surface area contributed by atoms with Crippen molar-refractivity contribution in [2.24, 2.45) is 5.73 Å². The number of hydrogen-bond acceptors (Lipinski definition) is 2. The first-order valence-corrected chi connectivity index (χ1v) is 7.26. The Morgan fingerprint density at radius 1 is 1.00 bits per heavy atom. The number of hydrogen-bond donors (Lipinski definition) is 1. The van der Waals surface area contributed by atoms with Crippen molar-refractivity contribution in [1.82, 2.24) is 0 Å². The van der Waals surface area contributed by atoms with Gasteiger partial charge in [-0.05, 0) is 60.4 Å². The molecule has 2 aromatic carbocycles. The van der Waals surface area contributed by atoms with Crippen molar-refractivity contribution < 1.29 is 4.39 Å². The van der Waals surface area contributed by atoms with Crippen molar-refractivity contribution in [3.63, 3.8) is 0 Å². The highest BCUT2D eigenvalue weighted by atomic mass is 32.2. The second-order valence-corrected chi connectivity index (χ2v) is 5.70. The minimum absolute atomic E-state index is 0.201. The van der Waals surface area contributed by atoms with Crippen LogP contribution in [0.1, 0.15) is 22.3 Å². The van der Waals surface area contributed by atoms with Gasteiger partial charge in [-0.25, -0.2) is 4.39 Å². The van der Waals surface area contributed by atoms with Crippen LogP contribution in [-0.4, -0.2) is 0 Å². The Bertz CT molecular complexity index is 581. The van der Waals surface area contributed by atoms with Gasteiger partial charge in [0, 0.05) is 17.2 Å². The third kappa shape index (κ3) is 3.58. The summed E-state index contributed by atoms with van der Waals surface area (Å²) in [5.74, 6) is 0.542. The van der Waals surface area contributed by atoms with Crippen molar-refractivity contribution >= 4 is 11.8 Å². The molecule has 0 amide bonds. The highest BCUT2D eigenvalue weighted by Gasteiger charge is 2.04. The summed E-state index contributed by atoms with van der Waals surface area (Å²) in [5.41, 5.74) is 10.2. The molecule has 19 heavy (non-hydrogen) atoms. The lowest BCUT2D eigenvalue weighted by Gasteiger charge is -2.09.